The Morgan fingerprint density at radius 3 is 2.85 bits per heavy atom. The Morgan fingerprint density at radius 1 is 1.35 bits per heavy atom. The van der Waals surface area contributed by atoms with Gasteiger partial charge in [0.25, 0.3) is 0 Å². The van der Waals surface area contributed by atoms with E-state index in [2.05, 4.69) is 0 Å². The van der Waals surface area contributed by atoms with Gasteiger partial charge in [0.15, 0.2) is 0 Å². The zero-order valence-corrected chi connectivity index (χ0v) is 12.2. The highest BCUT2D eigenvalue weighted by Gasteiger charge is 2.14. The van der Waals surface area contributed by atoms with Gasteiger partial charge >= 0.3 is 5.97 Å². The molecule has 0 spiro atoms. The van der Waals surface area contributed by atoms with Crippen LogP contribution in [-0.4, -0.2) is 41.9 Å². The van der Waals surface area contributed by atoms with Crippen LogP contribution in [0, 0.1) is 0 Å². The normalized spacial score (nSPS) is 16.0. The smallest absolute Gasteiger partial charge is 0.339 e. The molecule has 0 aliphatic carbocycles. The van der Waals surface area contributed by atoms with E-state index < -0.39 is 5.97 Å². The third-order valence-electron chi connectivity index (χ3n) is 3.19. The summed E-state index contributed by atoms with van der Waals surface area (Å²) < 4.78 is 10.9. The number of benzene rings is 1. The second-order valence-electron chi connectivity index (χ2n) is 4.69. The Labute approximate surface area is 123 Å². The Kier molecular flexibility index (Phi) is 6.21. The van der Waals surface area contributed by atoms with Gasteiger partial charge in [-0.05, 0) is 37.1 Å². The Morgan fingerprint density at radius 2 is 2.10 bits per heavy atom. The number of rotatable bonds is 7. The third-order valence-corrected chi connectivity index (χ3v) is 4.65. The van der Waals surface area contributed by atoms with Crippen molar-refractivity contribution in [2.45, 2.75) is 24.5 Å². The van der Waals surface area contributed by atoms with Gasteiger partial charge in [-0.3, -0.25) is 0 Å². The predicted octanol–water partition coefficient (Wildman–Crippen LogP) is 3.07. The Balaban J connectivity index is 1.67. The van der Waals surface area contributed by atoms with E-state index in [9.17, 15) is 4.79 Å². The van der Waals surface area contributed by atoms with Gasteiger partial charge in [-0.1, -0.05) is 12.1 Å². The Bertz CT molecular complexity index is 430. The van der Waals surface area contributed by atoms with E-state index in [1.165, 1.54) is 0 Å². The van der Waals surface area contributed by atoms with Crippen LogP contribution < -0.4 is 4.74 Å². The highest BCUT2D eigenvalue weighted by atomic mass is 32.2. The summed E-state index contributed by atoms with van der Waals surface area (Å²) in [6, 6.07) is 6.76. The molecular formula is C15H20O4S. The zero-order chi connectivity index (χ0) is 14.2. The lowest BCUT2D eigenvalue weighted by Crippen LogP contribution is -2.18. The molecule has 1 aliphatic heterocycles. The van der Waals surface area contributed by atoms with Crippen LogP contribution in [0.1, 0.15) is 29.6 Å². The molecule has 5 heteroatoms. The van der Waals surface area contributed by atoms with Gasteiger partial charge < -0.3 is 14.6 Å². The molecule has 0 amide bonds. The van der Waals surface area contributed by atoms with Crippen LogP contribution in [0.3, 0.4) is 0 Å². The van der Waals surface area contributed by atoms with E-state index in [1.54, 1.807) is 24.3 Å². The summed E-state index contributed by atoms with van der Waals surface area (Å²) in [5.74, 6) is 0.549. The van der Waals surface area contributed by atoms with Crippen molar-refractivity contribution in [3.05, 3.63) is 29.8 Å². The molecule has 110 valence electrons. The molecule has 0 bridgehead atoms. The van der Waals surface area contributed by atoms with Crippen molar-refractivity contribution < 1.29 is 19.4 Å². The molecule has 0 atom stereocenters. The lowest BCUT2D eigenvalue weighted by atomic mass is 10.2. The summed E-state index contributed by atoms with van der Waals surface area (Å²) in [4.78, 5) is 11.0. The van der Waals surface area contributed by atoms with Gasteiger partial charge in [0.05, 0.1) is 6.61 Å². The first-order valence-electron chi connectivity index (χ1n) is 6.92. The molecule has 0 radical (unpaired) electrons. The molecule has 1 aliphatic rings. The van der Waals surface area contributed by atoms with Crippen molar-refractivity contribution in [2.24, 2.45) is 0 Å². The lowest BCUT2D eigenvalue weighted by Gasteiger charge is -2.21. The van der Waals surface area contributed by atoms with Crippen molar-refractivity contribution in [2.75, 3.05) is 25.6 Å². The molecule has 1 heterocycles. The van der Waals surface area contributed by atoms with E-state index in [4.69, 9.17) is 14.6 Å². The Hall–Kier alpha value is -1.20. The number of hydrogen-bond acceptors (Lipinski definition) is 4. The largest absolute Gasteiger partial charge is 0.493 e. The number of thioether (sulfide) groups is 1. The van der Waals surface area contributed by atoms with Crippen molar-refractivity contribution in [1.29, 1.82) is 0 Å². The van der Waals surface area contributed by atoms with E-state index in [0.29, 0.717) is 17.6 Å². The number of aromatic carboxylic acids is 1. The number of para-hydroxylation sites is 1. The van der Waals surface area contributed by atoms with Crippen molar-refractivity contribution in [3.63, 3.8) is 0 Å². The van der Waals surface area contributed by atoms with E-state index in [1.807, 2.05) is 11.8 Å². The van der Waals surface area contributed by atoms with Crippen LogP contribution >= 0.6 is 11.8 Å². The van der Waals surface area contributed by atoms with Gasteiger partial charge in [0.2, 0.25) is 0 Å². The molecule has 0 aromatic heterocycles. The zero-order valence-electron chi connectivity index (χ0n) is 11.4. The minimum atomic E-state index is -0.947. The van der Waals surface area contributed by atoms with E-state index in [0.717, 1.165) is 38.2 Å². The van der Waals surface area contributed by atoms with E-state index in [-0.39, 0.29) is 5.56 Å². The van der Waals surface area contributed by atoms with Gasteiger partial charge in [0, 0.05) is 18.5 Å². The van der Waals surface area contributed by atoms with Crippen molar-refractivity contribution in [3.8, 4) is 5.75 Å². The summed E-state index contributed by atoms with van der Waals surface area (Å²) in [7, 11) is 0. The molecule has 4 nitrogen and oxygen atoms in total. The maximum absolute atomic E-state index is 11.0. The second-order valence-corrected chi connectivity index (χ2v) is 6.09. The van der Waals surface area contributed by atoms with Gasteiger partial charge in [0.1, 0.15) is 11.3 Å². The van der Waals surface area contributed by atoms with Crippen LogP contribution in [0.5, 0.6) is 5.75 Å². The number of carbonyl (C=O) groups is 1. The fourth-order valence-corrected chi connectivity index (χ4v) is 3.25. The quantitative estimate of drug-likeness (QED) is 0.784. The molecule has 1 saturated heterocycles. The molecule has 1 fully saturated rings. The highest BCUT2D eigenvalue weighted by Crippen LogP contribution is 2.23. The maximum Gasteiger partial charge on any atom is 0.339 e. The fraction of sp³-hybridized carbons (Fsp3) is 0.533. The number of carboxylic acids is 1. The fourth-order valence-electron chi connectivity index (χ4n) is 2.10. The minimum Gasteiger partial charge on any atom is -0.493 e. The number of hydrogen-bond donors (Lipinski definition) is 1. The summed E-state index contributed by atoms with van der Waals surface area (Å²) >= 11 is 1.97. The topological polar surface area (TPSA) is 55.8 Å². The summed E-state index contributed by atoms with van der Waals surface area (Å²) in [5, 5.41) is 9.75. The molecule has 1 aromatic rings. The van der Waals surface area contributed by atoms with Crippen LogP contribution in [-0.2, 0) is 4.74 Å². The number of carboxylic acid groups (broad SMARTS) is 1. The number of ether oxygens (including phenoxy) is 2. The SMILES string of the molecule is O=C(O)c1ccccc1OCCCSC1CCOCC1. The van der Waals surface area contributed by atoms with Gasteiger partial charge in [-0.2, -0.15) is 11.8 Å². The first-order valence-corrected chi connectivity index (χ1v) is 7.96. The van der Waals surface area contributed by atoms with Crippen molar-refractivity contribution in [1.82, 2.24) is 0 Å². The predicted molar refractivity (Wildman–Crippen MR) is 79.8 cm³/mol. The molecule has 1 aromatic carbocycles. The van der Waals surface area contributed by atoms with Crippen LogP contribution in [0.15, 0.2) is 24.3 Å². The molecule has 20 heavy (non-hydrogen) atoms. The van der Waals surface area contributed by atoms with Gasteiger partial charge in [-0.25, -0.2) is 4.79 Å². The van der Waals surface area contributed by atoms with Crippen LogP contribution in [0.2, 0.25) is 0 Å². The summed E-state index contributed by atoms with van der Waals surface area (Å²) in [6.07, 6.45) is 3.19. The summed E-state index contributed by atoms with van der Waals surface area (Å²) in [5.41, 5.74) is 0.226. The lowest BCUT2D eigenvalue weighted by molar-refractivity contribution is 0.0692. The average Bonchev–Trinajstić information content (AvgIpc) is 2.48. The monoisotopic (exact) mass is 296 g/mol. The molecule has 0 saturated carbocycles. The van der Waals surface area contributed by atoms with E-state index >= 15 is 0 Å². The second kappa shape index (κ2) is 8.17. The minimum absolute atomic E-state index is 0.226. The first kappa shape index (κ1) is 15.2. The third kappa shape index (κ3) is 4.72. The highest BCUT2D eigenvalue weighted by molar-refractivity contribution is 7.99. The maximum atomic E-state index is 11.0. The van der Waals surface area contributed by atoms with Crippen molar-refractivity contribution >= 4 is 17.7 Å². The van der Waals surface area contributed by atoms with Gasteiger partial charge in [-0.15, -0.1) is 0 Å². The molecule has 0 unspecified atom stereocenters. The molecule has 1 N–H and O–H groups in total. The standard InChI is InChI=1S/C15H20O4S/c16-15(17)13-4-1-2-5-14(13)19-8-3-11-20-12-6-9-18-10-7-12/h1-2,4-5,12H,3,6-11H2,(H,16,17). The molecule has 2 rings (SSSR count). The molecular weight excluding hydrogens is 276 g/mol. The average molecular weight is 296 g/mol. The van der Waals surface area contributed by atoms with Crippen LogP contribution in [0.25, 0.3) is 0 Å². The summed E-state index contributed by atoms with van der Waals surface area (Å²) in [6.45, 7) is 2.31. The van der Waals surface area contributed by atoms with Crippen LogP contribution in [0.4, 0.5) is 0 Å². The first-order chi connectivity index (χ1) is 9.77.